The molecular formula is C12H15F3N2O. The maximum Gasteiger partial charge on any atom is 0.241 e. The van der Waals surface area contributed by atoms with E-state index in [0.29, 0.717) is 18.6 Å². The molecule has 0 radical (unpaired) electrons. The molecule has 0 fully saturated rings. The second kappa shape index (κ2) is 6.39. The van der Waals surface area contributed by atoms with Crippen LogP contribution in [0.15, 0.2) is 12.1 Å². The number of carbonyl (C=O) groups is 1. The quantitative estimate of drug-likeness (QED) is 0.799. The van der Waals surface area contributed by atoms with E-state index in [4.69, 9.17) is 5.73 Å². The predicted molar refractivity (Wildman–Crippen MR) is 62.4 cm³/mol. The first-order valence-electron chi connectivity index (χ1n) is 5.66. The lowest BCUT2D eigenvalue weighted by atomic mass is 10.1. The van der Waals surface area contributed by atoms with Gasteiger partial charge in [0.25, 0.3) is 0 Å². The van der Waals surface area contributed by atoms with E-state index in [1.165, 1.54) is 0 Å². The van der Waals surface area contributed by atoms with Gasteiger partial charge in [0.05, 0.1) is 6.04 Å². The van der Waals surface area contributed by atoms with E-state index in [1.807, 2.05) is 6.92 Å². The van der Waals surface area contributed by atoms with Gasteiger partial charge in [0.1, 0.15) is 0 Å². The topological polar surface area (TPSA) is 55.1 Å². The van der Waals surface area contributed by atoms with E-state index in [1.54, 1.807) is 0 Å². The number of unbranched alkanes of at least 4 members (excludes halogenated alkanes) is 1. The van der Waals surface area contributed by atoms with Crippen LogP contribution in [0, 0.1) is 17.5 Å². The number of nitrogens with one attached hydrogen (secondary N) is 1. The van der Waals surface area contributed by atoms with Crippen molar-refractivity contribution in [2.24, 2.45) is 5.73 Å². The molecule has 6 heteroatoms. The number of nitrogens with two attached hydrogens (primary N) is 1. The molecule has 3 N–H and O–H groups in total. The van der Waals surface area contributed by atoms with E-state index >= 15 is 0 Å². The van der Waals surface area contributed by atoms with Gasteiger partial charge in [-0.2, -0.15) is 0 Å². The first-order chi connectivity index (χ1) is 8.45. The molecule has 1 amide bonds. The summed E-state index contributed by atoms with van der Waals surface area (Å²) < 4.78 is 38.5. The molecule has 1 atom stereocenters. The predicted octanol–water partition coefficient (Wildman–Crippen LogP) is 2.56. The second-order valence-corrected chi connectivity index (χ2v) is 3.99. The molecule has 0 bridgehead atoms. The van der Waals surface area contributed by atoms with Crippen molar-refractivity contribution in [2.45, 2.75) is 32.2 Å². The Balaban J connectivity index is 2.70. The lowest BCUT2D eigenvalue weighted by Gasteiger charge is -2.12. The van der Waals surface area contributed by atoms with Gasteiger partial charge in [0, 0.05) is 17.8 Å². The highest BCUT2D eigenvalue weighted by atomic mass is 19.2. The van der Waals surface area contributed by atoms with Gasteiger partial charge in [-0.05, 0) is 6.42 Å². The van der Waals surface area contributed by atoms with E-state index in [9.17, 15) is 18.0 Å². The molecule has 0 aromatic heterocycles. The van der Waals surface area contributed by atoms with Gasteiger partial charge >= 0.3 is 0 Å². The third-order valence-corrected chi connectivity index (χ3v) is 2.46. The molecule has 0 aliphatic carbocycles. The standard InChI is InChI=1S/C12H15F3N2O/c1-2-3-4-10(16)12(18)17-7-5-8(13)11(15)9(14)6-7/h5-6,10H,2-4,16H2,1H3,(H,17,18). The number of benzene rings is 1. The monoisotopic (exact) mass is 260 g/mol. The Bertz CT molecular complexity index is 414. The van der Waals surface area contributed by atoms with Crippen LogP contribution in [-0.4, -0.2) is 11.9 Å². The minimum atomic E-state index is -1.57. The molecule has 0 saturated heterocycles. The van der Waals surface area contributed by atoms with E-state index in [-0.39, 0.29) is 5.69 Å². The van der Waals surface area contributed by atoms with Crippen LogP contribution in [0.4, 0.5) is 18.9 Å². The van der Waals surface area contributed by atoms with Crippen LogP contribution in [0.5, 0.6) is 0 Å². The van der Waals surface area contributed by atoms with Crippen molar-refractivity contribution in [1.82, 2.24) is 0 Å². The van der Waals surface area contributed by atoms with Crippen molar-refractivity contribution in [3.63, 3.8) is 0 Å². The average Bonchev–Trinajstić information content (AvgIpc) is 2.32. The Kier molecular flexibility index (Phi) is 5.15. The molecule has 18 heavy (non-hydrogen) atoms. The molecule has 0 spiro atoms. The maximum atomic E-state index is 12.9. The first-order valence-corrected chi connectivity index (χ1v) is 5.66. The largest absolute Gasteiger partial charge is 0.325 e. The summed E-state index contributed by atoms with van der Waals surface area (Å²) in [4.78, 5) is 11.6. The summed E-state index contributed by atoms with van der Waals surface area (Å²) in [6, 6.07) is 0.673. The van der Waals surface area contributed by atoms with E-state index in [0.717, 1.165) is 12.8 Å². The van der Waals surface area contributed by atoms with Crippen molar-refractivity contribution in [2.75, 3.05) is 5.32 Å². The Morgan fingerprint density at radius 2 is 1.89 bits per heavy atom. The molecule has 3 nitrogen and oxygen atoms in total. The molecule has 0 saturated carbocycles. The minimum Gasteiger partial charge on any atom is -0.325 e. The van der Waals surface area contributed by atoms with Crippen LogP contribution < -0.4 is 11.1 Å². The number of amides is 1. The van der Waals surface area contributed by atoms with Crippen LogP contribution in [0.25, 0.3) is 0 Å². The SMILES string of the molecule is CCCCC(N)C(=O)Nc1cc(F)c(F)c(F)c1. The normalized spacial score (nSPS) is 12.3. The van der Waals surface area contributed by atoms with Crippen molar-refractivity contribution in [3.05, 3.63) is 29.6 Å². The molecule has 1 unspecified atom stereocenters. The summed E-state index contributed by atoms with van der Waals surface area (Å²) >= 11 is 0. The fraction of sp³-hybridized carbons (Fsp3) is 0.417. The smallest absolute Gasteiger partial charge is 0.241 e. The van der Waals surface area contributed by atoms with E-state index in [2.05, 4.69) is 5.32 Å². The lowest BCUT2D eigenvalue weighted by Crippen LogP contribution is -2.35. The van der Waals surface area contributed by atoms with Crippen molar-refractivity contribution >= 4 is 11.6 Å². The highest BCUT2D eigenvalue weighted by Crippen LogP contribution is 2.17. The summed E-state index contributed by atoms with van der Waals surface area (Å²) in [5.74, 6) is -4.82. The summed E-state index contributed by atoms with van der Waals surface area (Å²) in [5, 5.41) is 2.25. The van der Waals surface area contributed by atoms with Crippen LogP contribution in [0.2, 0.25) is 0 Å². The van der Waals surface area contributed by atoms with Crippen LogP contribution in [0.3, 0.4) is 0 Å². The number of hydrogen-bond acceptors (Lipinski definition) is 2. The highest BCUT2D eigenvalue weighted by Gasteiger charge is 2.16. The summed E-state index contributed by atoms with van der Waals surface area (Å²) in [7, 11) is 0. The molecule has 1 aromatic carbocycles. The summed E-state index contributed by atoms with van der Waals surface area (Å²) in [6.45, 7) is 1.95. The first kappa shape index (κ1) is 14.5. The van der Waals surface area contributed by atoms with E-state index < -0.39 is 29.4 Å². The van der Waals surface area contributed by atoms with Crippen molar-refractivity contribution < 1.29 is 18.0 Å². The molecule has 0 heterocycles. The maximum absolute atomic E-state index is 12.9. The summed E-state index contributed by atoms with van der Waals surface area (Å²) in [5.41, 5.74) is 5.43. The Labute approximate surface area is 103 Å². The molecular weight excluding hydrogens is 245 g/mol. The van der Waals surface area contributed by atoms with Crippen LogP contribution >= 0.6 is 0 Å². The zero-order chi connectivity index (χ0) is 13.7. The van der Waals surface area contributed by atoms with Crippen molar-refractivity contribution in [3.8, 4) is 0 Å². The van der Waals surface area contributed by atoms with Crippen molar-refractivity contribution in [1.29, 1.82) is 0 Å². The zero-order valence-electron chi connectivity index (χ0n) is 9.97. The Morgan fingerprint density at radius 1 is 1.33 bits per heavy atom. The summed E-state index contributed by atoms with van der Waals surface area (Å²) in [6.07, 6.45) is 2.15. The molecule has 100 valence electrons. The number of carbonyl (C=O) groups excluding carboxylic acids is 1. The molecule has 0 aliphatic rings. The van der Waals surface area contributed by atoms with Gasteiger partial charge in [0.15, 0.2) is 17.5 Å². The fourth-order valence-electron chi connectivity index (χ4n) is 1.42. The van der Waals surface area contributed by atoms with Crippen LogP contribution in [0.1, 0.15) is 26.2 Å². The third kappa shape index (κ3) is 3.73. The zero-order valence-corrected chi connectivity index (χ0v) is 9.97. The fourth-order valence-corrected chi connectivity index (χ4v) is 1.42. The highest BCUT2D eigenvalue weighted by molar-refractivity contribution is 5.94. The lowest BCUT2D eigenvalue weighted by molar-refractivity contribution is -0.117. The van der Waals surface area contributed by atoms with Gasteiger partial charge in [-0.25, -0.2) is 13.2 Å². The molecule has 1 aromatic rings. The Hall–Kier alpha value is -1.56. The molecule has 1 rings (SSSR count). The Morgan fingerprint density at radius 3 is 2.39 bits per heavy atom. The minimum absolute atomic E-state index is 0.150. The number of halogens is 3. The van der Waals surface area contributed by atoms with Gasteiger partial charge in [0.2, 0.25) is 5.91 Å². The number of anilines is 1. The second-order valence-electron chi connectivity index (χ2n) is 3.99. The number of rotatable bonds is 5. The number of hydrogen-bond donors (Lipinski definition) is 2. The average molecular weight is 260 g/mol. The van der Waals surface area contributed by atoms with Crippen LogP contribution in [-0.2, 0) is 4.79 Å². The molecule has 0 aliphatic heterocycles. The van der Waals surface area contributed by atoms with Gasteiger partial charge < -0.3 is 11.1 Å². The van der Waals surface area contributed by atoms with Gasteiger partial charge in [-0.15, -0.1) is 0 Å². The van der Waals surface area contributed by atoms with Gasteiger partial charge in [-0.1, -0.05) is 19.8 Å². The third-order valence-electron chi connectivity index (χ3n) is 2.46. The van der Waals surface area contributed by atoms with Gasteiger partial charge in [-0.3, -0.25) is 4.79 Å².